The number of hydrogen-bond donors (Lipinski definition) is 1. The average molecular weight is 263 g/mol. The number of rotatable bonds is 2. The van der Waals surface area contributed by atoms with Crippen molar-refractivity contribution in [3.05, 3.63) is 60.4 Å². The highest BCUT2D eigenvalue weighted by atomic mass is 15.1. The second kappa shape index (κ2) is 4.85. The van der Waals surface area contributed by atoms with E-state index in [1.54, 1.807) is 0 Å². The van der Waals surface area contributed by atoms with Gasteiger partial charge in [0.05, 0.1) is 0 Å². The SMILES string of the molecule is Cc1nc(-c2ccc(-c3ccccc3)cc2)c(N)n1C. The van der Waals surface area contributed by atoms with Gasteiger partial charge in [0.1, 0.15) is 17.3 Å². The van der Waals surface area contributed by atoms with Crippen LogP contribution >= 0.6 is 0 Å². The highest BCUT2D eigenvalue weighted by Crippen LogP contribution is 2.28. The molecule has 2 N–H and O–H groups in total. The standard InChI is InChI=1S/C17H17N3/c1-12-19-16(17(18)20(12)2)15-10-8-14(9-11-15)13-6-4-3-5-7-13/h3-11H,18H2,1-2H3. The number of imidazole rings is 1. The van der Waals surface area contributed by atoms with E-state index >= 15 is 0 Å². The quantitative estimate of drug-likeness (QED) is 0.767. The van der Waals surface area contributed by atoms with Gasteiger partial charge in [-0.15, -0.1) is 0 Å². The van der Waals surface area contributed by atoms with Gasteiger partial charge in [0.25, 0.3) is 0 Å². The van der Waals surface area contributed by atoms with Crippen LogP contribution in [0.1, 0.15) is 5.82 Å². The summed E-state index contributed by atoms with van der Waals surface area (Å²) in [5.41, 5.74) is 10.4. The maximum Gasteiger partial charge on any atom is 0.131 e. The molecule has 0 amide bonds. The van der Waals surface area contributed by atoms with Gasteiger partial charge >= 0.3 is 0 Å². The monoisotopic (exact) mass is 263 g/mol. The molecule has 0 unspecified atom stereocenters. The van der Waals surface area contributed by atoms with Gasteiger partial charge in [-0.05, 0) is 18.1 Å². The van der Waals surface area contributed by atoms with Crippen molar-refractivity contribution in [2.24, 2.45) is 7.05 Å². The summed E-state index contributed by atoms with van der Waals surface area (Å²) in [6.07, 6.45) is 0. The molecule has 100 valence electrons. The highest BCUT2D eigenvalue weighted by molar-refractivity contribution is 5.74. The van der Waals surface area contributed by atoms with Crippen molar-refractivity contribution in [3.63, 3.8) is 0 Å². The summed E-state index contributed by atoms with van der Waals surface area (Å²) in [4.78, 5) is 4.52. The van der Waals surface area contributed by atoms with Crippen LogP contribution in [0.15, 0.2) is 54.6 Å². The minimum absolute atomic E-state index is 0.704. The van der Waals surface area contributed by atoms with Crippen molar-refractivity contribution >= 4 is 5.82 Å². The number of nitrogens with two attached hydrogens (primary N) is 1. The van der Waals surface area contributed by atoms with E-state index < -0.39 is 0 Å². The number of anilines is 1. The molecular weight excluding hydrogens is 246 g/mol. The Hall–Kier alpha value is -2.55. The van der Waals surface area contributed by atoms with E-state index in [1.807, 2.05) is 36.7 Å². The highest BCUT2D eigenvalue weighted by Gasteiger charge is 2.11. The van der Waals surface area contributed by atoms with Crippen LogP contribution in [-0.4, -0.2) is 9.55 Å². The van der Waals surface area contributed by atoms with E-state index in [4.69, 9.17) is 5.73 Å². The maximum atomic E-state index is 6.09. The Labute approximate surface area is 118 Å². The van der Waals surface area contributed by atoms with Gasteiger partial charge in [0.2, 0.25) is 0 Å². The minimum Gasteiger partial charge on any atom is -0.383 e. The number of aromatic nitrogens is 2. The average Bonchev–Trinajstić information content (AvgIpc) is 2.76. The molecule has 0 aliphatic carbocycles. The second-order valence-corrected chi connectivity index (χ2v) is 4.90. The third kappa shape index (κ3) is 2.07. The van der Waals surface area contributed by atoms with Gasteiger partial charge < -0.3 is 10.3 Å². The third-order valence-corrected chi connectivity index (χ3v) is 3.63. The third-order valence-electron chi connectivity index (χ3n) is 3.63. The van der Waals surface area contributed by atoms with Crippen LogP contribution in [0.4, 0.5) is 5.82 Å². The minimum atomic E-state index is 0.704. The summed E-state index contributed by atoms with van der Waals surface area (Å²) in [6, 6.07) is 18.7. The molecule has 0 aliphatic heterocycles. The fraction of sp³-hybridized carbons (Fsp3) is 0.118. The predicted octanol–water partition coefficient (Wildman–Crippen LogP) is 3.64. The molecule has 3 aromatic rings. The number of nitrogen functional groups attached to an aromatic ring is 1. The van der Waals surface area contributed by atoms with Gasteiger partial charge in [-0.25, -0.2) is 4.98 Å². The van der Waals surface area contributed by atoms with Gasteiger partial charge in [0.15, 0.2) is 0 Å². The second-order valence-electron chi connectivity index (χ2n) is 4.90. The predicted molar refractivity (Wildman–Crippen MR) is 83.2 cm³/mol. The molecular formula is C17H17N3. The fourth-order valence-electron chi connectivity index (χ4n) is 2.29. The van der Waals surface area contributed by atoms with E-state index in [-0.39, 0.29) is 0 Å². The Kier molecular flexibility index (Phi) is 3.03. The van der Waals surface area contributed by atoms with Gasteiger partial charge in [-0.1, -0.05) is 54.6 Å². The number of hydrogen-bond acceptors (Lipinski definition) is 2. The first kappa shape index (κ1) is 12.5. The van der Waals surface area contributed by atoms with Crippen molar-refractivity contribution in [1.29, 1.82) is 0 Å². The molecule has 20 heavy (non-hydrogen) atoms. The smallest absolute Gasteiger partial charge is 0.131 e. The Balaban J connectivity index is 1.99. The summed E-state index contributed by atoms with van der Waals surface area (Å²) in [5, 5.41) is 0. The van der Waals surface area contributed by atoms with Crippen LogP contribution in [0, 0.1) is 6.92 Å². The summed E-state index contributed by atoms with van der Waals surface area (Å²) in [6.45, 7) is 1.96. The number of benzene rings is 2. The normalized spacial score (nSPS) is 10.7. The molecule has 0 fully saturated rings. The van der Waals surface area contributed by atoms with E-state index in [0.717, 1.165) is 17.1 Å². The number of nitrogens with zero attached hydrogens (tertiary/aromatic N) is 2. The molecule has 0 bridgehead atoms. The van der Waals surface area contributed by atoms with Crippen molar-refractivity contribution < 1.29 is 0 Å². The van der Waals surface area contributed by atoms with Crippen LogP contribution in [0.2, 0.25) is 0 Å². The van der Waals surface area contributed by atoms with E-state index in [0.29, 0.717) is 5.82 Å². The van der Waals surface area contributed by atoms with Crippen molar-refractivity contribution in [1.82, 2.24) is 9.55 Å². The van der Waals surface area contributed by atoms with Gasteiger partial charge in [0, 0.05) is 12.6 Å². The first-order valence-corrected chi connectivity index (χ1v) is 6.61. The zero-order valence-electron chi connectivity index (χ0n) is 11.7. The Morgan fingerprint density at radius 3 is 1.95 bits per heavy atom. The molecule has 1 aromatic heterocycles. The number of aryl methyl sites for hydroxylation is 1. The Morgan fingerprint density at radius 1 is 0.850 bits per heavy atom. The topological polar surface area (TPSA) is 43.8 Å². The molecule has 0 radical (unpaired) electrons. The Morgan fingerprint density at radius 2 is 1.40 bits per heavy atom. The van der Waals surface area contributed by atoms with Crippen molar-refractivity contribution in [3.8, 4) is 22.4 Å². The van der Waals surface area contributed by atoms with E-state index in [1.165, 1.54) is 11.1 Å². The molecule has 0 saturated heterocycles. The van der Waals surface area contributed by atoms with Crippen LogP contribution in [0.5, 0.6) is 0 Å². The molecule has 0 aliphatic rings. The van der Waals surface area contributed by atoms with Crippen molar-refractivity contribution in [2.45, 2.75) is 6.92 Å². The van der Waals surface area contributed by atoms with Crippen LogP contribution in [0.25, 0.3) is 22.4 Å². The van der Waals surface area contributed by atoms with Gasteiger partial charge in [-0.3, -0.25) is 0 Å². The molecule has 2 aromatic carbocycles. The largest absolute Gasteiger partial charge is 0.383 e. The zero-order valence-corrected chi connectivity index (χ0v) is 11.7. The summed E-state index contributed by atoms with van der Waals surface area (Å²) in [7, 11) is 1.93. The van der Waals surface area contributed by atoms with Crippen LogP contribution in [0.3, 0.4) is 0 Å². The fourth-order valence-corrected chi connectivity index (χ4v) is 2.29. The van der Waals surface area contributed by atoms with Crippen molar-refractivity contribution in [2.75, 3.05) is 5.73 Å². The molecule has 0 spiro atoms. The van der Waals surface area contributed by atoms with E-state index in [9.17, 15) is 0 Å². The lowest BCUT2D eigenvalue weighted by Gasteiger charge is -2.04. The van der Waals surface area contributed by atoms with E-state index in [2.05, 4.69) is 41.4 Å². The summed E-state index contributed by atoms with van der Waals surface area (Å²) in [5.74, 6) is 1.62. The lowest BCUT2D eigenvalue weighted by molar-refractivity contribution is 0.868. The molecule has 0 atom stereocenters. The molecule has 1 heterocycles. The van der Waals surface area contributed by atoms with Crippen LogP contribution in [-0.2, 0) is 7.05 Å². The first-order valence-electron chi connectivity index (χ1n) is 6.61. The summed E-state index contributed by atoms with van der Waals surface area (Å²) < 4.78 is 1.90. The lowest BCUT2D eigenvalue weighted by atomic mass is 10.0. The molecule has 0 saturated carbocycles. The summed E-state index contributed by atoms with van der Waals surface area (Å²) >= 11 is 0. The first-order chi connectivity index (χ1) is 9.66. The molecule has 3 rings (SSSR count). The maximum absolute atomic E-state index is 6.09. The van der Waals surface area contributed by atoms with Crippen LogP contribution < -0.4 is 5.73 Å². The van der Waals surface area contributed by atoms with Gasteiger partial charge in [-0.2, -0.15) is 0 Å². The lowest BCUT2D eigenvalue weighted by Crippen LogP contribution is -1.98. The molecule has 3 nitrogen and oxygen atoms in total. The Bertz CT molecular complexity index is 725. The zero-order chi connectivity index (χ0) is 14.1. The molecule has 3 heteroatoms.